The molecule has 0 saturated carbocycles. The van der Waals surface area contributed by atoms with Crippen molar-refractivity contribution in [2.45, 2.75) is 0 Å². The topological polar surface area (TPSA) is 110 Å². The smallest absolute Gasteiger partial charge is 0.278 e. The second-order valence-electron chi connectivity index (χ2n) is 2.74. The number of hydrogen-bond acceptors (Lipinski definition) is 5. The highest BCUT2D eigenvalue weighted by Gasteiger charge is 2.08. The number of carbonyl (C=O) groups is 1. The molecule has 1 amide bonds. The van der Waals surface area contributed by atoms with E-state index in [1.807, 2.05) is 0 Å². The SMILES string of the molecule is Nc1ccc(C(=O)Nc2ncc[nH]2)nn1. The molecule has 15 heavy (non-hydrogen) atoms. The molecule has 0 unspecified atom stereocenters. The number of amides is 1. The fraction of sp³-hybridized carbons (Fsp3) is 0. The quantitative estimate of drug-likeness (QED) is 0.639. The highest BCUT2D eigenvalue weighted by molar-refractivity contribution is 6.01. The number of aromatic nitrogens is 4. The average Bonchev–Trinajstić information content (AvgIpc) is 2.71. The van der Waals surface area contributed by atoms with E-state index in [1.165, 1.54) is 18.3 Å². The molecule has 0 aromatic carbocycles. The number of nitrogens with two attached hydrogens (primary N) is 1. The molecule has 2 aromatic heterocycles. The van der Waals surface area contributed by atoms with Gasteiger partial charge in [-0.2, -0.15) is 0 Å². The van der Waals surface area contributed by atoms with Crippen molar-refractivity contribution >= 4 is 17.7 Å². The summed E-state index contributed by atoms with van der Waals surface area (Å²) in [6, 6.07) is 2.99. The third-order valence-corrected chi connectivity index (χ3v) is 1.65. The molecule has 2 heterocycles. The molecule has 0 fully saturated rings. The van der Waals surface area contributed by atoms with Crippen LogP contribution in [0.2, 0.25) is 0 Å². The Hall–Kier alpha value is -2.44. The van der Waals surface area contributed by atoms with Gasteiger partial charge in [-0.15, -0.1) is 10.2 Å². The minimum atomic E-state index is -0.391. The first-order valence-electron chi connectivity index (χ1n) is 4.15. The van der Waals surface area contributed by atoms with Crippen LogP contribution in [-0.2, 0) is 0 Å². The number of nitrogens with one attached hydrogen (secondary N) is 2. The molecule has 76 valence electrons. The monoisotopic (exact) mass is 204 g/mol. The van der Waals surface area contributed by atoms with Gasteiger partial charge in [0.25, 0.3) is 5.91 Å². The number of rotatable bonds is 2. The second-order valence-corrected chi connectivity index (χ2v) is 2.74. The number of imidazole rings is 1. The Morgan fingerprint density at radius 1 is 1.40 bits per heavy atom. The summed E-state index contributed by atoms with van der Waals surface area (Å²) >= 11 is 0. The van der Waals surface area contributed by atoms with Gasteiger partial charge in [-0.3, -0.25) is 10.1 Å². The molecule has 0 aliphatic carbocycles. The highest BCUT2D eigenvalue weighted by atomic mass is 16.2. The Labute approximate surface area is 84.7 Å². The number of nitrogen functional groups attached to an aromatic ring is 1. The van der Waals surface area contributed by atoms with Crippen LogP contribution < -0.4 is 11.1 Å². The molecule has 0 saturated heterocycles. The van der Waals surface area contributed by atoms with Gasteiger partial charge in [0.2, 0.25) is 5.95 Å². The molecule has 2 aromatic rings. The molecule has 7 heteroatoms. The number of H-pyrrole nitrogens is 1. The fourth-order valence-corrected chi connectivity index (χ4v) is 0.969. The van der Waals surface area contributed by atoms with E-state index >= 15 is 0 Å². The minimum Gasteiger partial charge on any atom is -0.382 e. The molecule has 4 N–H and O–H groups in total. The second kappa shape index (κ2) is 3.74. The van der Waals surface area contributed by atoms with Crippen molar-refractivity contribution in [3.63, 3.8) is 0 Å². The van der Waals surface area contributed by atoms with Crippen LogP contribution in [-0.4, -0.2) is 26.1 Å². The van der Waals surface area contributed by atoms with Crippen molar-refractivity contribution in [1.82, 2.24) is 20.2 Å². The zero-order valence-electron chi connectivity index (χ0n) is 7.64. The van der Waals surface area contributed by atoms with Gasteiger partial charge in [0, 0.05) is 12.4 Å². The van der Waals surface area contributed by atoms with E-state index in [1.54, 1.807) is 6.20 Å². The van der Waals surface area contributed by atoms with Crippen molar-refractivity contribution in [3.05, 3.63) is 30.2 Å². The lowest BCUT2D eigenvalue weighted by atomic mass is 10.3. The van der Waals surface area contributed by atoms with Crippen LogP contribution in [0.5, 0.6) is 0 Å². The summed E-state index contributed by atoms with van der Waals surface area (Å²) in [7, 11) is 0. The van der Waals surface area contributed by atoms with Gasteiger partial charge >= 0.3 is 0 Å². The van der Waals surface area contributed by atoms with Crippen LogP contribution in [0.4, 0.5) is 11.8 Å². The molecule has 0 radical (unpaired) electrons. The van der Waals surface area contributed by atoms with E-state index in [0.717, 1.165) is 0 Å². The molecule has 0 aliphatic rings. The van der Waals surface area contributed by atoms with Gasteiger partial charge in [-0.05, 0) is 12.1 Å². The van der Waals surface area contributed by atoms with Gasteiger partial charge < -0.3 is 10.7 Å². The number of hydrogen-bond donors (Lipinski definition) is 3. The van der Waals surface area contributed by atoms with Crippen molar-refractivity contribution in [3.8, 4) is 0 Å². The summed E-state index contributed by atoms with van der Waals surface area (Å²) < 4.78 is 0. The summed E-state index contributed by atoms with van der Waals surface area (Å²) in [6.07, 6.45) is 3.13. The van der Waals surface area contributed by atoms with Crippen LogP contribution in [0.3, 0.4) is 0 Å². The maximum absolute atomic E-state index is 11.5. The molecular weight excluding hydrogens is 196 g/mol. The van der Waals surface area contributed by atoms with Gasteiger partial charge in [-0.1, -0.05) is 0 Å². The Bertz CT molecular complexity index is 448. The normalized spacial score (nSPS) is 9.87. The summed E-state index contributed by atoms with van der Waals surface area (Å²) in [6.45, 7) is 0. The average molecular weight is 204 g/mol. The summed E-state index contributed by atoms with van der Waals surface area (Å²) in [5, 5.41) is 9.70. The Morgan fingerprint density at radius 3 is 2.87 bits per heavy atom. The Balaban J connectivity index is 2.11. The molecule has 2 rings (SSSR count). The lowest BCUT2D eigenvalue weighted by Gasteiger charge is -1.99. The Kier molecular flexibility index (Phi) is 2.28. The van der Waals surface area contributed by atoms with Crippen molar-refractivity contribution in [2.24, 2.45) is 0 Å². The first-order chi connectivity index (χ1) is 7.25. The van der Waals surface area contributed by atoms with Crippen LogP contribution in [0.15, 0.2) is 24.5 Å². The van der Waals surface area contributed by atoms with Crippen LogP contribution >= 0.6 is 0 Å². The first kappa shape index (κ1) is 9.13. The van der Waals surface area contributed by atoms with E-state index in [2.05, 4.69) is 25.5 Å². The molecule has 0 bridgehead atoms. The number of aromatic amines is 1. The molecule has 0 atom stereocenters. The van der Waals surface area contributed by atoms with E-state index in [0.29, 0.717) is 5.95 Å². The van der Waals surface area contributed by atoms with Crippen LogP contribution in [0.1, 0.15) is 10.5 Å². The van der Waals surface area contributed by atoms with Crippen molar-refractivity contribution in [2.75, 3.05) is 11.1 Å². The Morgan fingerprint density at radius 2 is 2.27 bits per heavy atom. The van der Waals surface area contributed by atoms with Gasteiger partial charge in [0.05, 0.1) is 0 Å². The van der Waals surface area contributed by atoms with Crippen molar-refractivity contribution < 1.29 is 4.79 Å². The lowest BCUT2D eigenvalue weighted by molar-refractivity contribution is 0.102. The zero-order chi connectivity index (χ0) is 10.7. The number of carbonyl (C=O) groups excluding carboxylic acids is 1. The third-order valence-electron chi connectivity index (χ3n) is 1.65. The van der Waals surface area contributed by atoms with E-state index in [-0.39, 0.29) is 11.5 Å². The molecule has 0 spiro atoms. The third kappa shape index (κ3) is 2.08. The van der Waals surface area contributed by atoms with Gasteiger partial charge in [0.15, 0.2) is 5.69 Å². The number of anilines is 2. The van der Waals surface area contributed by atoms with Crippen LogP contribution in [0.25, 0.3) is 0 Å². The zero-order valence-corrected chi connectivity index (χ0v) is 7.64. The van der Waals surface area contributed by atoms with Crippen LogP contribution in [0, 0.1) is 0 Å². The fourth-order valence-electron chi connectivity index (χ4n) is 0.969. The largest absolute Gasteiger partial charge is 0.382 e. The summed E-state index contributed by atoms with van der Waals surface area (Å²) in [5.41, 5.74) is 5.52. The first-order valence-corrected chi connectivity index (χ1v) is 4.15. The molecule has 7 nitrogen and oxygen atoms in total. The maximum Gasteiger partial charge on any atom is 0.278 e. The van der Waals surface area contributed by atoms with E-state index < -0.39 is 5.91 Å². The molecule has 0 aliphatic heterocycles. The minimum absolute atomic E-state index is 0.181. The predicted octanol–water partition coefficient (Wildman–Crippen LogP) is 0.0342. The van der Waals surface area contributed by atoms with Crippen molar-refractivity contribution in [1.29, 1.82) is 0 Å². The molecular formula is C8H8N6O. The van der Waals surface area contributed by atoms with E-state index in [9.17, 15) is 4.79 Å². The summed E-state index contributed by atoms with van der Waals surface area (Å²) in [5.74, 6) is 0.237. The number of nitrogens with zero attached hydrogens (tertiary/aromatic N) is 3. The van der Waals surface area contributed by atoms with E-state index in [4.69, 9.17) is 5.73 Å². The van der Waals surface area contributed by atoms with Gasteiger partial charge in [-0.25, -0.2) is 4.98 Å². The van der Waals surface area contributed by atoms with Gasteiger partial charge in [0.1, 0.15) is 5.82 Å². The predicted molar refractivity (Wildman–Crippen MR) is 53.0 cm³/mol. The highest BCUT2D eigenvalue weighted by Crippen LogP contribution is 2.01. The standard InChI is InChI=1S/C8H8N6O/c9-6-2-1-5(13-14-6)7(15)12-8-10-3-4-11-8/h1-4H,(H2,9,14)(H2,10,11,12,15). The lowest BCUT2D eigenvalue weighted by Crippen LogP contribution is -2.15. The maximum atomic E-state index is 11.5. The summed E-state index contributed by atoms with van der Waals surface area (Å²) in [4.78, 5) is 18.1.